The molecule has 0 saturated carbocycles. The summed E-state index contributed by atoms with van der Waals surface area (Å²) in [5.41, 5.74) is 0. The second-order valence-electron chi connectivity index (χ2n) is 5.13. The molecule has 0 aromatic carbocycles. The Hall–Kier alpha value is -0.650. The van der Waals surface area contributed by atoms with E-state index in [9.17, 15) is 0 Å². The van der Waals surface area contributed by atoms with Gasteiger partial charge in [0.2, 0.25) is 0 Å². The molecule has 2 heterocycles. The first-order chi connectivity index (χ1) is 8.69. The van der Waals surface area contributed by atoms with Crippen LogP contribution in [0.25, 0.3) is 0 Å². The monoisotopic (exact) mass is 272 g/mol. The topological polar surface area (TPSA) is 43.2 Å². The van der Waals surface area contributed by atoms with Crippen molar-refractivity contribution in [1.82, 2.24) is 19.7 Å². The van der Waals surface area contributed by atoms with Crippen molar-refractivity contribution in [1.29, 1.82) is 0 Å². The van der Waals surface area contributed by atoms with E-state index in [1.807, 2.05) is 4.68 Å². The first-order valence-corrected chi connectivity index (χ1v) is 6.99. The average Bonchev–Trinajstić information content (AvgIpc) is 2.76. The Morgan fingerprint density at radius 2 is 2.39 bits per heavy atom. The summed E-state index contributed by atoms with van der Waals surface area (Å²) in [5.74, 6) is 2.15. The van der Waals surface area contributed by atoms with Crippen LogP contribution in [0.2, 0.25) is 0 Å². The molecule has 0 N–H and O–H groups in total. The highest BCUT2D eigenvalue weighted by atomic mass is 35.5. The van der Waals surface area contributed by atoms with Crippen molar-refractivity contribution >= 4 is 11.6 Å². The largest absolute Gasteiger partial charge is 0.374 e. The van der Waals surface area contributed by atoms with Crippen molar-refractivity contribution in [3.63, 3.8) is 0 Å². The molecular formula is C12H21ClN4O. The lowest BCUT2D eigenvalue weighted by Gasteiger charge is -2.31. The maximum Gasteiger partial charge on any atom is 0.141 e. The van der Waals surface area contributed by atoms with Crippen molar-refractivity contribution in [3.8, 4) is 0 Å². The third-order valence-corrected chi connectivity index (χ3v) is 3.34. The molecule has 0 bridgehead atoms. The Balaban J connectivity index is 1.94. The van der Waals surface area contributed by atoms with Crippen molar-refractivity contribution in [2.45, 2.75) is 33.0 Å². The van der Waals surface area contributed by atoms with E-state index in [-0.39, 0.29) is 6.10 Å². The summed E-state index contributed by atoms with van der Waals surface area (Å²) in [5, 5.41) is 4.28. The normalized spacial score (nSPS) is 21.7. The molecule has 0 aliphatic carbocycles. The minimum Gasteiger partial charge on any atom is -0.374 e. The molecule has 0 radical (unpaired) electrons. The number of nitrogens with zero attached hydrogens (tertiary/aromatic N) is 4. The predicted molar refractivity (Wildman–Crippen MR) is 70.6 cm³/mol. The molecule has 1 saturated heterocycles. The van der Waals surface area contributed by atoms with Gasteiger partial charge in [0.1, 0.15) is 12.2 Å². The van der Waals surface area contributed by atoms with Gasteiger partial charge < -0.3 is 4.74 Å². The SMILES string of the molecule is CC(C)Cn1ncnc1CN1CCOC(CCl)C1. The molecule has 0 spiro atoms. The second-order valence-corrected chi connectivity index (χ2v) is 5.44. The van der Waals surface area contributed by atoms with Crippen LogP contribution in [-0.4, -0.2) is 51.3 Å². The van der Waals surface area contributed by atoms with Gasteiger partial charge in [0, 0.05) is 25.5 Å². The summed E-state index contributed by atoms with van der Waals surface area (Å²) in [6.07, 6.45) is 1.78. The molecule has 5 nitrogen and oxygen atoms in total. The van der Waals surface area contributed by atoms with E-state index in [2.05, 4.69) is 28.8 Å². The zero-order valence-corrected chi connectivity index (χ0v) is 11.8. The van der Waals surface area contributed by atoms with E-state index in [0.717, 1.165) is 38.6 Å². The Morgan fingerprint density at radius 3 is 3.11 bits per heavy atom. The molecule has 0 amide bonds. The summed E-state index contributed by atoms with van der Waals surface area (Å²) in [4.78, 5) is 6.68. The molecule has 6 heteroatoms. The first-order valence-electron chi connectivity index (χ1n) is 6.45. The lowest BCUT2D eigenvalue weighted by molar-refractivity contribution is -0.0206. The molecule has 18 heavy (non-hydrogen) atoms. The molecule has 2 rings (SSSR count). The fourth-order valence-electron chi connectivity index (χ4n) is 2.13. The Morgan fingerprint density at radius 1 is 1.56 bits per heavy atom. The van der Waals surface area contributed by atoms with Crippen LogP contribution in [0.1, 0.15) is 19.7 Å². The van der Waals surface area contributed by atoms with Gasteiger partial charge in [-0.3, -0.25) is 4.90 Å². The van der Waals surface area contributed by atoms with Crippen molar-refractivity contribution in [2.24, 2.45) is 5.92 Å². The van der Waals surface area contributed by atoms with Crippen LogP contribution in [0.15, 0.2) is 6.33 Å². The standard InChI is InChI=1S/C12H21ClN4O/c1-10(2)6-17-12(14-9-15-17)8-16-3-4-18-11(5-13)7-16/h9-11H,3-8H2,1-2H3. The van der Waals surface area contributed by atoms with Crippen LogP contribution in [0.3, 0.4) is 0 Å². The third-order valence-electron chi connectivity index (χ3n) is 2.99. The summed E-state index contributed by atoms with van der Waals surface area (Å²) < 4.78 is 7.55. The highest BCUT2D eigenvalue weighted by molar-refractivity contribution is 6.18. The third kappa shape index (κ3) is 3.67. The lowest BCUT2D eigenvalue weighted by Crippen LogP contribution is -2.43. The fraction of sp³-hybridized carbons (Fsp3) is 0.833. The predicted octanol–water partition coefficient (Wildman–Crippen LogP) is 1.37. The average molecular weight is 273 g/mol. The van der Waals surface area contributed by atoms with Gasteiger partial charge in [-0.1, -0.05) is 13.8 Å². The maximum absolute atomic E-state index is 5.84. The zero-order valence-electron chi connectivity index (χ0n) is 11.0. The molecular weight excluding hydrogens is 252 g/mol. The Labute approximate surface area is 113 Å². The van der Waals surface area contributed by atoms with Gasteiger partial charge in [-0.05, 0) is 5.92 Å². The number of rotatable bonds is 5. The number of ether oxygens (including phenoxy) is 1. The van der Waals surface area contributed by atoms with E-state index in [1.165, 1.54) is 0 Å². The van der Waals surface area contributed by atoms with Gasteiger partial charge in [-0.2, -0.15) is 5.10 Å². The van der Waals surface area contributed by atoms with Crippen LogP contribution in [-0.2, 0) is 17.8 Å². The summed E-state index contributed by atoms with van der Waals surface area (Å²) in [6.45, 7) is 8.66. The van der Waals surface area contributed by atoms with E-state index in [1.54, 1.807) is 6.33 Å². The zero-order chi connectivity index (χ0) is 13.0. The lowest BCUT2D eigenvalue weighted by atomic mass is 10.2. The highest BCUT2D eigenvalue weighted by Gasteiger charge is 2.21. The van der Waals surface area contributed by atoms with Crippen molar-refractivity contribution in [2.75, 3.05) is 25.6 Å². The van der Waals surface area contributed by atoms with Gasteiger partial charge in [0.05, 0.1) is 19.3 Å². The number of alkyl halides is 1. The molecule has 1 aromatic rings. The van der Waals surface area contributed by atoms with Crippen LogP contribution < -0.4 is 0 Å². The first kappa shape index (κ1) is 13.8. The molecule has 1 unspecified atom stereocenters. The number of hydrogen-bond donors (Lipinski definition) is 0. The Kier molecular flexibility index (Phi) is 4.97. The van der Waals surface area contributed by atoms with Crippen LogP contribution in [0.5, 0.6) is 0 Å². The van der Waals surface area contributed by atoms with E-state index < -0.39 is 0 Å². The molecule has 1 atom stereocenters. The van der Waals surface area contributed by atoms with Gasteiger partial charge in [0.15, 0.2) is 0 Å². The van der Waals surface area contributed by atoms with Gasteiger partial charge >= 0.3 is 0 Å². The number of hydrogen-bond acceptors (Lipinski definition) is 4. The van der Waals surface area contributed by atoms with E-state index in [4.69, 9.17) is 16.3 Å². The quantitative estimate of drug-likeness (QED) is 0.760. The number of halogens is 1. The number of aromatic nitrogens is 3. The number of morpholine rings is 1. The van der Waals surface area contributed by atoms with Crippen LogP contribution >= 0.6 is 11.6 Å². The van der Waals surface area contributed by atoms with Crippen LogP contribution in [0, 0.1) is 5.92 Å². The minimum atomic E-state index is 0.141. The van der Waals surface area contributed by atoms with Crippen LogP contribution in [0.4, 0.5) is 0 Å². The molecule has 102 valence electrons. The van der Waals surface area contributed by atoms with Gasteiger partial charge in [-0.25, -0.2) is 9.67 Å². The molecule has 1 fully saturated rings. The fourth-order valence-corrected chi connectivity index (χ4v) is 2.31. The van der Waals surface area contributed by atoms with Gasteiger partial charge in [-0.15, -0.1) is 11.6 Å². The van der Waals surface area contributed by atoms with E-state index in [0.29, 0.717) is 11.8 Å². The summed E-state index contributed by atoms with van der Waals surface area (Å²) >= 11 is 5.84. The Bertz CT molecular complexity index is 369. The van der Waals surface area contributed by atoms with E-state index >= 15 is 0 Å². The molecule has 1 aliphatic heterocycles. The van der Waals surface area contributed by atoms with Gasteiger partial charge in [0.25, 0.3) is 0 Å². The molecule has 1 aliphatic rings. The summed E-state index contributed by atoms with van der Waals surface area (Å²) in [7, 11) is 0. The minimum absolute atomic E-state index is 0.141. The highest BCUT2D eigenvalue weighted by Crippen LogP contribution is 2.10. The summed E-state index contributed by atoms with van der Waals surface area (Å²) in [6, 6.07) is 0. The second kappa shape index (κ2) is 6.50. The smallest absolute Gasteiger partial charge is 0.141 e. The van der Waals surface area contributed by atoms with Crippen molar-refractivity contribution in [3.05, 3.63) is 12.2 Å². The maximum atomic E-state index is 5.84. The van der Waals surface area contributed by atoms with Crippen molar-refractivity contribution < 1.29 is 4.74 Å². The molecule has 1 aromatic heterocycles.